The number of carbonyl (C=O) groups is 1. The Hall–Kier alpha value is -1.55. The average Bonchev–Trinajstić information content (AvgIpc) is 2.23. The molecule has 4 N–H and O–H groups in total. The topological polar surface area (TPSA) is 67.2 Å². The number of aryl methyl sites for hydroxylation is 1. The van der Waals surface area contributed by atoms with Crippen molar-refractivity contribution in [1.29, 1.82) is 0 Å². The summed E-state index contributed by atoms with van der Waals surface area (Å²) >= 11 is 0. The zero-order valence-electron chi connectivity index (χ0n) is 9.84. The summed E-state index contributed by atoms with van der Waals surface area (Å²) in [4.78, 5) is 10.4. The van der Waals surface area contributed by atoms with E-state index < -0.39 is 6.03 Å². The Morgan fingerprint density at radius 3 is 2.75 bits per heavy atom. The Bertz CT molecular complexity index is 363. The molecule has 0 aromatic heterocycles. The zero-order valence-corrected chi connectivity index (χ0v) is 9.84. The molecule has 88 valence electrons. The molecule has 0 spiro atoms. The van der Waals surface area contributed by atoms with E-state index in [1.165, 1.54) is 16.7 Å². The second kappa shape index (κ2) is 6.12. The van der Waals surface area contributed by atoms with E-state index >= 15 is 0 Å². The first-order chi connectivity index (χ1) is 7.61. The monoisotopic (exact) mass is 221 g/mol. The molecule has 0 aliphatic carbocycles. The van der Waals surface area contributed by atoms with Crippen molar-refractivity contribution in [3.63, 3.8) is 0 Å². The fraction of sp³-hybridized carbons (Fsp3) is 0.417. The van der Waals surface area contributed by atoms with Crippen LogP contribution < -0.4 is 16.4 Å². The van der Waals surface area contributed by atoms with Gasteiger partial charge in [0.25, 0.3) is 0 Å². The molecule has 1 rings (SSSR count). The summed E-state index contributed by atoms with van der Waals surface area (Å²) in [6, 6.07) is 5.79. The van der Waals surface area contributed by atoms with Crippen LogP contribution in [0, 0.1) is 13.8 Å². The third kappa shape index (κ3) is 3.90. The van der Waals surface area contributed by atoms with Crippen molar-refractivity contribution in [3.8, 4) is 0 Å². The van der Waals surface area contributed by atoms with Crippen molar-refractivity contribution < 1.29 is 4.79 Å². The van der Waals surface area contributed by atoms with Crippen LogP contribution in [0.15, 0.2) is 18.2 Å². The Morgan fingerprint density at radius 1 is 1.31 bits per heavy atom. The zero-order chi connectivity index (χ0) is 12.0. The normalized spacial score (nSPS) is 10.1. The maximum absolute atomic E-state index is 10.4. The number of amides is 2. The molecule has 0 atom stereocenters. The molecule has 1 aromatic rings. The van der Waals surface area contributed by atoms with Crippen LogP contribution in [0.4, 0.5) is 4.79 Å². The van der Waals surface area contributed by atoms with Gasteiger partial charge in [0, 0.05) is 19.6 Å². The lowest BCUT2D eigenvalue weighted by molar-refractivity contribution is 0.249. The van der Waals surface area contributed by atoms with Crippen molar-refractivity contribution in [2.45, 2.75) is 20.4 Å². The van der Waals surface area contributed by atoms with E-state index in [-0.39, 0.29) is 0 Å². The third-order valence-electron chi connectivity index (χ3n) is 2.63. The van der Waals surface area contributed by atoms with Crippen LogP contribution in [0.3, 0.4) is 0 Å². The van der Waals surface area contributed by atoms with E-state index in [9.17, 15) is 4.79 Å². The van der Waals surface area contributed by atoms with Gasteiger partial charge in [0.2, 0.25) is 0 Å². The molecule has 0 fully saturated rings. The van der Waals surface area contributed by atoms with E-state index in [1.807, 2.05) is 0 Å². The maximum Gasteiger partial charge on any atom is 0.312 e. The molecule has 0 unspecified atom stereocenters. The molecule has 2 amide bonds. The summed E-state index contributed by atoms with van der Waals surface area (Å²) in [6.07, 6.45) is 0. The van der Waals surface area contributed by atoms with Crippen LogP contribution in [-0.4, -0.2) is 19.1 Å². The van der Waals surface area contributed by atoms with E-state index in [0.29, 0.717) is 6.54 Å². The van der Waals surface area contributed by atoms with Gasteiger partial charge in [-0.25, -0.2) is 4.79 Å². The SMILES string of the molecule is Cc1cccc(CNCCNC(N)=O)c1C. The number of urea groups is 1. The van der Waals surface area contributed by atoms with Gasteiger partial charge in [-0.1, -0.05) is 18.2 Å². The minimum atomic E-state index is -0.478. The number of nitrogens with two attached hydrogens (primary N) is 1. The van der Waals surface area contributed by atoms with Crippen LogP contribution in [0.5, 0.6) is 0 Å². The Morgan fingerprint density at radius 2 is 2.06 bits per heavy atom. The first-order valence-electron chi connectivity index (χ1n) is 5.40. The number of hydrogen-bond donors (Lipinski definition) is 3. The highest BCUT2D eigenvalue weighted by atomic mass is 16.2. The highest BCUT2D eigenvalue weighted by molar-refractivity contribution is 5.71. The summed E-state index contributed by atoms with van der Waals surface area (Å²) in [5.74, 6) is 0. The van der Waals surface area contributed by atoms with Gasteiger partial charge in [0.15, 0.2) is 0 Å². The molecule has 0 bridgehead atoms. The molecule has 0 saturated heterocycles. The Kier molecular flexibility index (Phi) is 4.79. The largest absolute Gasteiger partial charge is 0.352 e. The maximum atomic E-state index is 10.4. The van der Waals surface area contributed by atoms with Crippen LogP contribution in [-0.2, 0) is 6.54 Å². The lowest BCUT2D eigenvalue weighted by atomic mass is 10.0. The molecule has 16 heavy (non-hydrogen) atoms. The summed E-state index contributed by atoms with van der Waals surface area (Å²) in [5.41, 5.74) is 8.86. The van der Waals surface area contributed by atoms with Gasteiger partial charge in [-0.15, -0.1) is 0 Å². The van der Waals surface area contributed by atoms with E-state index in [0.717, 1.165) is 13.1 Å². The molecule has 0 aliphatic heterocycles. The minimum Gasteiger partial charge on any atom is -0.352 e. The standard InChI is InChI=1S/C12H19N3O/c1-9-4-3-5-11(10(9)2)8-14-6-7-15-12(13)16/h3-5,14H,6-8H2,1-2H3,(H3,13,15,16). The van der Waals surface area contributed by atoms with Crippen molar-refractivity contribution >= 4 is 6.03 Å². The number of rotatable bonds is 5. The predicted molar refractivity (Wildman–Crippen MR) is 65.2 cm³/mol. The number of carbonyl (C=O) groups excluding carboxylic acids is 1. The van der Waals surface area contributed by atoms with Crippen LogP contribution in [0.1, 0.15) is 16.7 Å². The smallest absolute Gasteiger partial charge is 0.312 e. The van der Waals surface area contributed by atoms with E-state index in [2.05, 4.69) is 42.7 Å². The van der Waals surface area contributed by atoms with Crippen molar-refractivity contribution in [3.05, 3.63) is 34.9 Å². The minimum absolute atomic E-state index is 0.478. The lowest BCUT2D eigenvalue weighted by Gasteiger charge is -2.09. The van der Waals surface area contributed by atoms with Gasteiger partial charge < -0.3 is 16.4 Å². The summed E-state index contributed by atoms with van der Waals surface area (Å²) < 4.78 is 0. The highest BCUT2D eigenvalue weighted by Crippen LogP contribution is 2.11. The molecule has 0 saturated carbocycles. The molecule has 0 aliphatic rings. The number of benzene rings is 1. The van der Waals surface area contributed by atoms with Gasteiger partial charge in [-0.3, -0.25) is 0 Å². The van der Waals surface area contributed by atoms with Gasteiger partial charge >= 0.3 is 6.03 Å². The van der Waals surface area contributed by atoms with E-state index in [1.54, 1.807) is 0 Å². The quantitative estimate of drug-likeness (QED) is 0.651. The number of primary amides is 1. The van der Waals surface area contributed by atoms with Crippen molar-refractivity contribution in [2.75, 3.05) is 13.1 Å². The average molecular weight is 221 g/mol. The molecule has 0 radical (unpaired) electrons. The molecule has 4 nitrogen and oxygen atoms in total. The third-order valence-corrected chi connectivity index (χ3v) is 2.63. The van der Waals surface area contributed by atoms with Crippen LogP contribution in [0.25, 0.3) is 0 Å². The second-order valence-electron chi connectivity index (χ2n) is 3.83. The van der Waals surface area contributed by atoms with Crippen LogP contribution in [0.2, 0.25) is 0 Å². The Balaban J connectivity index is 2.32. The molecular formula is C12H19N3O. The second-order valence-corrected chi connectivity index (χ2v) is 3.83. The lowest BCUT2D eigenvalue weighted by Crippen LogP contribution is -2.35. The summed E-state index contributed by atoms with van der Waals surface area (Å²) in [6.45, 7) is 6.31. The van der Waals surface area contributed by atoms with Crippen molar-refractivity contribution in [1.82, 2.24) is 10.6 Å². The van der Waals surface area contributed by atoms with Gasteiger partial charge in [-0.05, 0) is 30.5 Å². The van der Waals surface area contributed by atoms with E-state index in [4.69, 9.17) is 5.73 Å². The number of nitrogens with one attached hydrogen (secondary N) is 2. The highest BCUT2D eigenvalue weighted by Gasteiger charge is 1.99. The number of hydrogen-bond acceptors (Lipinski definition) is 2. The van der Waals surface area contributed by atoms with Crippen LogP contribution >= 0.6 is 0 Å². The molecular weight excluding hydrogens is 202 g/mol. The first-order valence-corrected chi connectivity index (χ1v) is 5.40. The molecule has 4 heteroatoms. The fourth-order valence-corrected chi connectivity index (χ4v) is 1.50. The molecule has 1 aromatic carbocycles. The fourth-order valence-electron chi connectivity index (χ4n) is 1.50. The summed E-state index contributed by atoms with van der Waals surface area (Å²) in [5, 5.41) is 5.79. The van der Waals surface area contributed by atoms with Gasteiger partial charge in [0.1, 0.15) is 0 Å². The molecule has 0 heterocycles. The predicted octanol–water partition coefficient (Wildman–Crippen LogP) is 1.06. The van der Waals surface area contributed by atoms with Gasteiger partial charge in [-0.2, -0.15) is 0 Å². The summed E-state index contributed by atoms with van der Waals surface area (Å²) in [7, 11) is 0. The van der Waals surface area contributed by atoms with Crippen molar-refractivity contribution in [2.24, 2.45) is 5.73 Å². The first kappa shape index (κ1) is 12.5. The van der Waals surface area contributed by atoms with Gasteiger partial charge in [0.05, 0.1) is 0 Å². The Labute approximate surface area is 96.2 Å².